The van der Waals surface area contributed by atoms with E-state index in [0.29, 0.717) is 0 Å². The second-order valence-corrected chi connectivity index (χ2v) is 5.65. The van der Waals surface area contributed by atoms with Crippen LogP contribution in [-0.2, 0) is 4.74 Å². The minimum Gasteiger partial charge on any atom is -0.444 e. The van der Waals surface area contributed by atoms with Crippen LogP contribution in [-0.4, -0.2) is 40.8 Å². The van der Waals surface area contributed by atoms with Crippen LogP contribution < -0.4 is 10.2 Å². The van der Waals surface area contributed by atoms with Crippen molar-refractivity contribution in [2.75, 3.05) is 18.0 Å². The maximum Gasteiger partial charge on any atom is 0.407 e. The van der Waals surface area contributed by atoms with Crippen molar-refractivity contribution in [2.24, 2.45) is 0 Å². The third-order valence-electron chi connectivity index (χ3n) is 2.80. The van der Waals surface area contributed by atoms with Gasteiger partial charge in [-0.25, -0.2) is 14.8 Å². The lowest BCUT2D eigenvalue weighted by Gasteiger charge is -2.22. The number of hydrogen-bond donors (Lipinski definition) is 1. The Kier molecular flexibility index (Phi) is 3.87. The van der Waals surface area contributed by atoms with Crippen molar-refractivity contribution in [1.29, 1.82) is 0 Å². The third kappa shape index (κ3) is 4.08. The van der Waals surface area contributed by atoms with E-state index in [9.17, 15) is 4.79 Å². The molecule has 0 saturated carbocycles. The van der Waals surface area contributed by atoms with Crippen LogP contribution in [0, 0.1) is 0 Å². The molecule has 0 radical (unpaired) electrons. The number of ether oxygens (including phenoxy) is 1. The van der Waals surface area contributed by atoms with E-state index in [1.165, 1.54) is 6.33 Å². The number of alkyl carbamates (subject to hydrolysis) is 1. The van der Waals surface area contributed by atoms with Crippen molar-refractivity contribution in [3.8, 4) is 0 Å². The van der Waals surface area contributed by atoms with Crippen molar-refractivity contribution >= 4 is 11.9 Å². The molecule has 6 nitrogen and oxygen atoms in total. The van der Waals surface area contributed by atoms with Crippen LogP contribution in [0.15, 0.2) is 18.6 Å². The molecule has 1 atom stereocenters. The van der Waals surface area contributed by atoms with Crippen molar-refractivity contribution in [3.63, 3.8) is 0 Å². The van der Waals surface area contributed by atoms with Gasteiger partial charge in [0.15, 0.2) is 0 Å². The third-order valence-corrected chi connectivity index (χ3v) is 2.80. The molecule has 1 amide bonds. The van der Waals surface area contributed by atoms with Crippen molar-refractivity contribution in [2.45, 2.75) is 38.8 Å². The largest absolute Gasteiger partial charge is 0.444 e. The second kappa shape index (κ2) is 5.42. The van der Waals surface area contributed by atoms with Gasteiger partial charge in [-0.1, -0.05) is 0 Å². The summed E-state index contributed by atoms with van der Waals surface area (Å²) in [6.07, 6.45) is 3.78. The Bertz CT molecular complexity index is 430. The topological polar surface area (TPSA) is 67.3 Å². The number of aromatic nitrogens is 2. The number of amides is 1. The van der Waals surface area contributed by atoms with Gasteiger partial charge >= 0.3 is 6.09 Å². The van der Waals surface area contributed by atoms with E-state index in [2.05, 4.69) is 20.2 Å². The zero-order valence-corrected chi connectivity index (χ0v) is 11.6. The highest BCUT2D eigenvalue weighted by molar-refractivity contribution is 5.68. The van der Waals surface area contributed by atoms with Crippen molar-refractivity contribution in [3.05, 3.63) is 18.6 Å². The average Bonchev–Trinajstić information content (AvgIpc) is 2.76. The molecule has 19 heavy (non-hydrogen) atoms. The number of anilines is 1. The summed E-state index contributed by atoms with van der Waals surface area (Å²) in [5.41, 5.74) is -0.463. The van der Waals surface area contributed by atoms with Gasteiger partial charge in [0.1, 0.15) is 17.7 Å². The second-order valence-electron chi connectivity index (χ2n) is 5.65. The number of hydrogen-bond acceptors (Lipinski definition) is 5. The number of nitrogens with one attached hydrogen (secondary N) is 1. The van der Waals surface area contributed by atoms with Crippen LogP contribution in [0.3, 0.4) is 0 Å². The summed E-state index contributed by atoms with van der Waals surface area (Å²) in [6, 6.07) is 1.97. The van der Waals surface area contributed by atoms with Gasteiger partial charge in [0.25, 0.3) is 0 Å². The summed E-state index contributed by atoms with van der Waals surface area (Å²) in [5.74, 6) is 0.892. The first-order chi connectivity index (χ1) is 8.94. The van der Waals surface area contributed by atoms with Crippen molar-refractivity contribution in [1.82, 2.24) is 15.3 Å². The van der Waals surface area contributed by atoms with E-state index < -0.39 is 5.60 Å². The highest BCUT2D eigenvalue weighted by atomic mass is 16.6. The zero-order chi connectivity index (χ0) is 13.9. The minimum atomic E-state index is -0.463. The number of carbonyl (C=O) groups excluding carboxylic acids is 1. The highest BCUT2D eigenvalue weighted by Gasteiger charge is 2.26. The van der Waals surface area contributed by atoms with Gasteiger partial charge in [0.2, 0.25) is 0 Å². The molecule has 104 valence electrons. The first-order valence-corrected chi connectivity index (χ1v) is 6.44. The summed E-state index contributed by atoms with van der Waals surface area (Å²) < 4.78 is 5.25. The van der Waals surface area contributed by atoms with Gasteiger partial charge in [-0.15, -0.1) is 0 Å². The van der Waals surface area contributed by atoms with Gasteiger partial charge in [-0.3, -0.25) is 0 Å². The Morgan fingerprint density at radius 3 is 2.95 bits per heavy atom. The Morgan fingerprint density at radius 1 is 1.53 bits per heavy atom. The van der Waals surface area contributed by atoms with Gasteiger partial charge in [0, 0.05) is 19.3 Å². The number of rotatable bonds is 2. The molecule has 0 bridgehead atoms. The fraction of sp³-hybridized carbons (Fsp3) is 0.615. The van der Waals surface area contributed by atoms with Crippen LogP contribution in [0.4, 0.5) is 10.6 Å². The quantitative estimate of drug-likeness (QED) is 0.878. The zero-order valence-electron chi connectivity index (χ0n) is 11.6. The van der Waals surface area contributed by atoms with Crippen LogP contribution >= 0.6 is 0 Å². The van der Waals surface area contributed by atoms with E-state index >= 15 is 0 Å². The summed E-state index contributed by atoms with van der Waals surface area (Å²) in [6.45, 7) is 7.19. The van der Waals surface area contributed by atoms with Gasteiger partial charge in [-0.2, -0.15) is 0 Å². The predicted molar refractivity (Wildman–Crippen MR) is 72.0 cm³/mol. The molecule has 6 heteroatoms. The molecule has 1 aromatic heterocycles. The van der Waals surface area contributed by atoms with Crippen LogP contribution in [0.1, 0.15) is 27.2 Å². The standard InChI is InChI=1S/C13H20N4O2/c1-13(2,3)19-12(18)16-10-5-7-17(8-10)11-4-6-14-9-15-11/h4,6,9-10H,5,7-8H2,1-3H3,(H,16,18)/t10-/m1/s1. The fourth-order valence-electron chi connectivity index (χ4n) is 2.03. The maximum absolute atomic E-state index is 11.7. The molecule has 1 N–H and O–H groups in total. The monoisotopic (exact) mass is 264 g/mol. The highest BCUT2D eigenvalue weighted by Crippen LogP contribution is 2.17. The normalized spacial score (nSPS) is 19.3. The molecule has 2 heterocycles. The predicted octanol–water partition coefficient (Wildman–Crippen LogP) is 1.58. The van der Waals surface area contributed by atoms with E-state index in [1.807, 2.05) is 26.8 Å². The average molecular weight is 264 g/mol. The smallest absolute Gasteiger partial charge is 0.407 e. The van der Waals surface area contributed by atoms with Crippen LogP contribution in [0.25, 0.3) is 0 Å². The minimum absolute atomic E-state index is 0.102. The number of carbonyl (C=O) groups is 1. The molecule has 1 saturated heterocycles. The summed E-state index contributed by atoms with van der Waals surface area (Å²) in [4.78, 5) is 21.9. The first kappa shape index (κ1) is 13.6. The Morgan fingerprint density at radius 2 is 2.32 bits per heavy atom. The lowest BCUT2D eigenvalue weighted by atomic mass is 10.2. The molecular weight excluding hydrogens is 244 g/mol. The molecular formula is C13H20N4O2. The lowest BCUT2D eigenvalue weighted by molar-refractivity contribution is 0.0509. The van der Waals surface area contributed by atoms with E-state index in [4.69, 9.17) is 4.74 Å². The molecule has 0 aliphatic carbocycles. The van der Waals surface area contributed by atoms with Gasteiger partial charge in [0.05, 0.1) is 6.04 Å². The molecule has 1 aliphatic rings. The Balaban J connectivity index is 1.84. The van der Waals surface area contributed by atoms with Crippen LogP contribution in [0.5, 0.6) is 0 Å². The van der Waals surface area contributed by atoms with E-state index in [0.717, 1.165) is 25.3 Å². The fourth-order valence-corrected chi connectivity index (χ4v) is 2.03. The van der Waals surface area contributed by atoms with Gasteiger partial charge in [-0.05, 0) is 33.3 Å². The molecule has 1 aliphatic heterocycles. The first-order valence-electron chi connectivity index (χ1n) is 6.44. The summed E-state index contributed by atoms with van der Waals surface area (Å²) >= 11 is 0. The molecule has 1 aromatic rings. The van der Waals surface area contributed by atoms with Crippen LogP contribution in [0.2, 0.25) is 0 Å². The van der Waals surface area contributed by atoms with Crippen molar-refractivity contribution < 1.29 is 9.53 Å². The number of nitrogens with zero attached hydrogens (tertiary/aromatic N) is 3. The summed E-state index contributed by atoms with van der Waals surface area (Å²) in [7, 11) is 0. The molecule has 0 spiro atoms. The Hall–Kier alpha value is -1.85. The molecule has 0 aromatic carbocycles. The maximum atomic E-state index is 11.7. The molecule has 1 fully saturated rings. The summed E-state index contributed by atoms with van der Waals surface area (Å²) in [5, 5.41) is 2.89. The van der Waals surface area contributed by atoms with Gasteiger partial charge < -0.3 is 15.0 Å². The Labute approximate surface area is 113 Å². The molecule has 0 unspecified atom stereocenters. The molecule has 2 rings (SSSR count). The van der Waals surface area contributed by atoms with E-state index in [-0.39, 0.29) is 12.1 Å². The lowest BCUT2D eigenvalue weighted by Crippen LogP contribution is -2.40. The SMILES string of the molecule is CC(C)(C)OC(=O)N[C@@H]1CCN(c2ccncn2)C1. The van der Waals surface area contributed by atoms with E-state index in [1.54, 1.807) is 6.20 Å².